The maximum absolute atomic E-state index is 14.2. The third-order valence-electron chi connectivity index (χ3n) is 11.9. The lowest BCUT2D eigenvalue weighted by Crippen LogP contribution is -2.57. The van der Waals surface area contributed by atoms with Crippen molar-refractivity contribution >= 4 is 44.6 Å². The number of hydrogen-bond donors (Lipinski definition) is 3. The highest BCUT2D eigenvalue weighted by atomic mass is 32.2. The molecule has 5 aliphatic rings. The number of benzene rings is 1. The Morgan fingerprint density at radius 3 is 2.34 bits per heavy atom. The second kappa shape index (κ2) is 20.6. The zero-order valence-corrected chi connectivity index (χ0v) is 38.9. The van der Waals surface area contributed by atoms with Gasteiger partial charge in [-0.3, -0.25) is 19.1 Å². The quantitative estimate of drug-likeness (QED) is 0.238. The molecule has 3 aliphatic heterocycles. The smallest absolute Gasteiger partial charge is 0.405 e. The molecule has 346 valence electrons. The average Bonchev–Trinajstić information content (AvgIpc) is 4.12. The predicted octanol–water partition coefficient (Wildman–Crippen LogP) is 8.24. The van der Waals surface area contributed by atoms with E-state index in [1.54, 1.807) is 25.7 Å². The minimum absolute atomic E-state index is 0. The minimum Gasteiger partial charge on any atom is -0.477 e. The first kappa shape index (κ1) is 49.3. The van der Waals surface area contributed by atoms with Gasteiger partial charge in [0, 0.05) is 34.0 Å². The van der Waals surface area contributed by atoms with Gasteiger partial charge in [-0.05, 0) is 102 Å². The molecule has 1 saturated heterocycles. The number of pyridine rings is 1. The molecule has 0 radical (unpaired) electrons. The van der Waals surface area contributed by atoms with Crippen LogP contribution in [-0.4, -0.2) is 83.3 Å². The lowest BCUT2D eigenvalue weighted by molar-refractivity contribution is -0.140. The molecule has 4 N–H and O–H groups in total. The van der Waals surface area contributed by atoms with E-state index in [1.807, 2.05) is 71.0 Å². The summed E-state index contributed by atoms with van der Waals surface area (Å²) in [5.74, 6) is -0.239. The summed E-state index contributed by atoms with van der Waals surface area (Å²) >= 11 is 0. The van der Waals surface area contributed by atoms with Crippen molar-refractivity contribution in [3.05, 3.63) is 42.0 Å². The minimum atomic E-state index is -3.93. The van der Waals surface area contributed by atoms with Crippen molar-refractivity contribution in [1.29, 1.82) is 0 Å². The fourth-order valence-corrected chi connectivity index (χ4v) is 10.2. The van der Waals surface area contributed by atoms with Gasteiger partial charge in [-0.25, -0.2) is 13.2 Å². The van der Waals surface area contributed by atoms with Crippen molar-refractivity contribution in [3.63, 3.8) is 0 Å². The monoisotopic (exact) mass is 876 g/mol. The van der Waals surface area contributed by atoms with Crippen LogP contribution in [0.25, 0.3) is 10.8 Å². The summed E-state index contributed by atoms with van der Waals surface area (Å²) in [6, 6.07) is 7.00. The molecule has 15 heteroatoms. The van der Waals surface area contributed by atoms with Gasteiger partial charge in [0.05, 0.1) is 17.9 Å². The first-order chi connectivity index (χ1) is 28.9. The van der Waals surface area contributed by atoms with Crippen LogP contribution in [0.5, 0.6) is 11.8 Å². The van der Waals surface area contributed by atoms with E-state index < -0.39 is 56.0 Å². The highest BCUT2D eigenvalue weighted by molar-refractivity contribution is 7.91. The van der Waals surface area contributed by atoms with Gasteiger partial charge in [0.25, 0.3) is 5.91 Å². The number of primary amides is 1. The standard InChI is InChI=1S/C37H48N4O7S.C5H11NO2.2C2H6.3H2/c1-4-36(15-16-36)49(45,46)40-35(44)37-21-25(37)11-6-5-10-23(2)18-24(3)19-31(42)41-22-26(20-30(41)32(43)39-37)48-34-29-13-8-7-12-27(29)28-14-9-17-47-33(28)38-34;1-5(2,3)8-4(6)7;2*1-2;;;/h6-8,11-13,23-26,30H,4-5,9-10,14-22H2,1-3H3,(H,39,43)(H,40,44);1-3H3,(H2,6,7);2*1-2H3;3*1H/b11-6-;;;;;;/t23-,24-,25-,26-,30+,37-;;;;;;/m1....../s1. The number of amides is 4. The Kier molecular flexibility index (Phi) is 16.7. The lowest BCUT2D eigenvalue weighted by Gasteiger charge is -2.28. The molecule has 0 bridgehead atoms. The van der Waals surface area contributed by atoms with E-state index >= 15 is 0 Å². The van der Waals surface area contributed by atoms with Gasteiger partial charge in [-0.1, -0.05) is 78.8 Å². The third kappa shape index (κ3) is 12.0. The van der Waals surface area contributed by atoms with Gasteiger partial charge >= 0.3 is 6.09 Å². The maximum atomic E-state index is 14.2. The number of nitrogens with one attached hydrogen (secondary N) is 2. The maximum Gasteiger partial charge on any atom is 0.405 e. The number of nitrogens with zero attached hydrogens (tertiary/aromatic N) is 2. The number of sulfonamides is 1. The summed E-state index contributed by atoms with van der Waals surface area (Å²) in [6.07, 6.45) is 9.28. The molecule has 14 nitrogen and oxygen atoms in total. The van der Waals surface area contributed by atoms with E-state index in [4.69, 9.17) is 20.2 Å². The van der Waals surface area contributed by atoms with Crippen LogP contribution in [-0.2, 0) is 35.6 Å². The molecular formula is C46H77N5O9S. The van der Waals surface area contributed by atoms with Gasteiger partial charge in [-0.2, -0.15) is 4.98 Å². The molecule has 0 spiro atoms. The van der Waals surface area contributed by atoms with Crippen LogP contribution in [0.3, 0.4) is 0 Å². The third-order valence-corrected chi connectivity index (χ3v) is 14.2. The predicted molar refractivity (Wildman–Crippen MR) is 244 cm³/mol. The SMILES string of the molecule is CC.CC.CC(C)(C)OC(N)=O.CCC1(S(=O)(=O)NC(=O)[C@@]23C[C@H]2/C=C\CC[C@@H](C)C[C@@H](C)CC(=O)N2C[C@H](Oc4nc5c(c6ccccc46)CCCO5)C[C@H]2C(=O)N3)CC1.[HH].[HH].[HH]. The highest BCUT2D eigenvalue weighted by Crippen LogP contribution is 2.49. The van der Waals surface area contributed by atoms with E-state index in [1.165, 1.54) is 0 Å². The molecule has 2 aromatic rings. The molecule has 61 heavy (non-hydrogen) atoms. The fraction of sp³-hybridized carbons (Fsp3) is 0.674. The van der Waals surface area contributed by atoms with E-state index in [0.717, 1.165) is 48.4 Å². The summed E-state index contributed by atoms with van der Waals surface area (Å²) in [5, 5.41) is 4.82. The van der Waals surface area contributed by atoms with Crippen molar-refractivity contribution in [2.24, 2.45) is 23.5 Å². The Balaban J connectivity index is 0.00000122. The number of carbonyl (C=O) groups is 4. The Hall–Kier alpha value is -4.40. The molecule has 2 saturated carbocycles. The fourth-order valence-electron chi connectivity index (χ4n) is 8.51. The number of aromatic nitrogens is 1. The Morgan fingerprint density at radius 1 is 1.07 bits per heavy atom. The van der Waals surface area contributed by atoms with Crippen LogP contribution in [0.4, 0.5) is 4.79 Å². The summed E-state index contributed by atoms with van der Waals surface area (Å²) in [7, 11) is -3.93. The van der Waals surface area contributed by atoms with Crippen molar-refractivity contribution in [2.75, 3.05) is 13.2 Å². The second-order valence-electron chi connectivity index (χ2n) is 17.7. The van der Waals surface area contributed by atoms with Crippen LogP contribution in [0.1, 0.15) is 143 Å². The Morgan fingerprint density at radius 2 is 1.74 bits per heavy atom. The molecule has 1 aromatic heterocycles. The molecule has 0 unspecified atom stereocenters. The first-order valence-electron chi connectivity index (χ1n) is 22.4. The molecule has 6 atom stereocenters. The van der Waals surface area contributed by atoms with Crippen LogP contribution >= 0.6 is 0 Å². The first-order valence-corrected chi connectivity index (χ1v) is 23.9. The van der Waals surface area contributed by atoms with E-state index in [2.05, 4.69) is 28.6 Å². The number of ether oxygens (including phenoxy) is 3. The topological polar surface area (TPSA) is 196 Å². The highest BCUT2D eigenvalue weighted by Gasteiger charge is 2.63. The summed E-state index contributed by atoms with van der Waals surface area (Å²) in [5.41, 5.74) is 3.91. The molecule has 4 heterocycles. The van der Waals surface area contributed by atoms with Gasteiger partial charge in [0.15, 0.2) is 0 Å². The van der Waals surface area contributed by atoms with E-state index in [9.17, 15) is 27.6 Å². The van der Waals surface area contributed by atoms with Gasteiger partial charge in [-0.15, -0.1) is 0 Å². The molecule has 7 rings (SSSR count). The van der Waals surface area contributed by atoms with Crippen LogP contribution in [0.2, 0.25) is 0 Å². The number of rotatable bonds is 6. The zero-order chi connectivity index (χ0) is 45.3. The number of aryl methyl sites for hydroxylation is 1. The van der Waals surface area contributed by atoms with Crippen molar-refractivity contribution < 1.29 is 46.1 Å². The molecular weight excluding hydrogens is 799 g/mol. The molecule has 2 aliphatic carbocycles. The average molecular weight is 876 g/mol. The number of nitrogens with two attached hydrogens (primary N) is 1. The Bertz CT molecular complexity index is 2030. The molecule has 1 aromatic carbocycles. The summed E-state index contributed by atoms with van der Waals surface area (Å²) < 4.78 is 45.0. The lowest BCUT2D eigenvalue weighted by atomic mass is 9.91. The zero-order valence-electron chi connectivity index (χ0n) is 38.1. The number of allylic oxidation sites excluding steroid dienone is 1. The van der Waals surface area contributed by atoms with Gasteiger partial charge < -0.3 is 30.2 Å². The number of carbonyl (C=O) groups excluding carboxylic acids is 4. The van der Waals surface area contributed by atoms with E-state index in [0.29, 0.717) is 43.5 Å². The van der Waals surface area contributed by atoms with Crippen molar-refractivity contribution in [3.8, 4) is 11.8 Å². The number of hydrogen-bond acceptors (Lipinski definition) is 10. The number of fused-ring (bicyclic) bond motifs is 5. The van der Waals surface area contributed by atoms with Gasteiger partial charge in [0.1, 0.15) is 23.3 Å². The van der Waals surface area contributed by atoms with Crippen molar-refractivity contribution in [2.45, 2.75) is 168 Å². The summed E-state index contributed by atoms with van der Waals surface area (Å²) in [6.45, 7) is 20.1. The van der Waals surface area contributed by atoms with Crippen LogP contribution in [0, 0.1) is 17.8 Å². The molecule has 3 fully saturated rings. The normalized spacial score (nSPS) is 27.2. The largest absolute Gasteiger partial charge is 0.477 e. The second-order valence-corrected chi connectivity index (χ2v) is 19.7. The Labute approximate surface area is 368 Å². The van der Waals surface area contributed by atoms with Crippen LogP contribution < -0.4 is 25.2 Å². The van der Waals surface area contributed by atoms with Crippen LogP contribution in [0.15, 0.2) is 36.4 Å². The summed E-state index contributed by atoms with van der Waals surface area (Å²) in [4.78, 5) is 58.4. The van der Waals surface area contributed by atoms with Crippen molar-refractivity contribution in [1.82, 2.24) is 19.9 Å². The molecule has 4 amide bonds. The van der Waals surface area contributed by atoms with E-state index in [-0.39, 0.29) is 47.8 Å². The van der Waals surface area contributed by atoms with Gasteiger partial charge in [0.2, 0.25) is 33.6 Å².